The highest BCUT2D eigenvalue weighted by Crippen LogP contribution is 2.33. The van der Waals surface area contributed by atoms with Crippen molar-refractivity contribution < 1.29 is 9.13 Å². The van der Waals surface area contributed by atoms with Crippen molar-refractivity contribution in [3.63, 3.8) is 0 Å². The molecule has 3 heteroatoms. The lowest BCUT2D eigenvalue weighted by Gasteiger charge is -2.42. The van der Waals surface area contributed by atoms with E-state index in [-0.39, 0.29) is 0 Å². The number of nitrogens with one attached hydrogen (secondary N) is 1. The maximum atomic E-state index is 13.6. The average Bonchev–Trinajstić information content (AvgIpc) is 2.12. The number of rotatable bonds is 0. The van der Waals surface area contributed by atoms with Gasteiger partial charge < -0.3 is 10.1 Å². The number of piperidine rings is 1. The second-order valence-corrected chi connectivity index (χ2v) is 3.80. The summed E-state index contributed by atoms with van der Waals surface area (Å²) in [5, 5.41) is 3.21. The molecule has 2 fully saturated rings. The first-order chi connectivity index (χ1) is 5.83. The lowest BCUT2D eigenvalue weighted by Crippen LogP contribution is -2.56. The molecule has 2 nitrogen and oxygen atoms in total. The Labute approximate surface area is 72.5 Å². The highest BCUT2D eigenvalue weighted by Gasteiger charge is 2.43. The minimum Gasteiger partial charge on any atom is -0.371 e. The van der Waals surface area contributed by atoms with E-state index in [2.05, 4.69) is 5.32 Å². The van der Waals surface area contributed by atoms with Gasteiger partial charge in [0.1, 0.15) is 11.8 Å². The second-order valence-electron chi connectivity index (χ2n) is 3.80. The molecule has 2 saturated heterocycles. The van der Waals surface area contributed by atoms with E-state index in [4.69, 9.17) is 4.74 Å². The van der Waals surface area contributed by atoms with Crippen LogP contribution in [-0.2, 0) is 4.74 Å². The van der Waals surface area contributed by atoms with Crippen LogP contribution in [0.2, 0.25) is 0 Å². The molecule has 1 spiro atoms. The fourth-order valence-electron chi connectivity index (χ4n) is 2.18. The Balaban J connectivity index is 2.04. The second kappa shape index (κ2) is 3.30. The summed E-state index contributed by atoms with van der Waals surface area (Å²) in [6, 6.07) is 0. The van der Waals surface area contributed by atoms with Crippen LogP contribution in [0.4, 0.5) is 4.39 Å². The van der Waals surface area contributed by atoms with Crippen molar-refractivity contribution in [2.75, 3.05) is 19.7 Å². The van der Waals surface area contributed by atoms with E-state index in [9.17, 15) is 4.39 Å². The lowest BCUT2D eigenvalue weighted by molar-refractivity contribution is -0.137. The first-order valence-electron chi connectivity index (χ1n) is 4.82. The van der Waals surface area contributed by atoms with Gasteiger partial charge in [-0.15, -0.1) is 0 Å². The molecule has 70 valence electrons. The van der Waals surface area contributed by atoms with Gasteiger partial charge in [0.2, 0.25) is 0 Å². The predicted molar refractivity (Wildman–Crippen MR) is 44.9 cm³/mol. The van der Waals surface area contributed by atoms with Crippen LogP contribution in [-0.4, -0.2) is 31.5 Å². The molecule has 2 aliphatic rings. The van der Waals surface area contributed by atoms with E-state index in [1.165, 1.54) is 0 Å². The fraction of sp³-hybridized carbons (Fsp3) is 1.00. The minimum atomic E-state index is -0.751. The molecule has 2 atom stereocenters. The number of halogens is 1. The van der Waals surface area contributed by atoms with E-state index in [1.54, 1.807) is 0 Å². The molecular weight excluding hydrogens is 157 g/mol. The van der Waals surface area contributed by atoms with Crippen molar-refractivity contribution >= 4 is 0 Å². The number of hydrogen-bond acceptors (Lipinski definition) is 2. The lowest BCUT2D eigenvalue weighted by atomic mass is 9.85. The van der Waals surface area contributed by atoms with Crippen molar-refractivity contribution in [3.05, 3.63) is 0 Å². The maximum Gasteiger partial charge on any atom is 0.130 e. The van der Waals surface area contributed by atoms with Crippen LogP contribution in [0.5, 0.6) is 0 Å². The number of hydrogen-bond donors (Lipinski definition) is 1. The SMILES string of the molecule is FC1CCCOC12CCCNC2. The zero-order valence-electron chi connectivity index (χ0n) is 7.31. The van der Waals surface area contributed by atoms with Crippen molar-refractivity contribution in [2.24, 2.45) is 0 Å². The van der Waals surface area contributed by atoms with Crippen LogP contribution in [0.3, 0.4) is 0 Å². The standard InChI is InChI=1S/C9H16FNO/c10-8-3-1-6-12-9(8)4-2-5-11-7-9/h8,11H,1-7H2. The molecule has 0 bridgehead atoms. The van der Waals surface area contributed by atoms with Crippen LogP contribution in [0, 0.1) is 0 Å². The zero-order valence-corrected chi connectivity index (χ0v) is 7.31. The minimum absolute atomic E-state index is 0.462. The van der Waals surface area contributed by atoms with E-state index in [0.717, 1.165) is 32.4 Å². The normalized spacial score (nSPS) is 43.2. The summed E-state index contributed by atoms with van der Waals surface area (Å²) >= 11 is 0. The Bertz CT molecular complexity index is 148. The molecular formula is C9H16FNO. The van der Waals surface area contributed by atoms with Crippen molar-refractivity contribution in [2.45, 2.75) is 37.5 Å². The Morgan fingerprint density at radius 3 is 3.00 bits per heavy atom. The monoisotopic (exact) mass is 173 g/mol. The fourth-order valence-corrected chi connectivity index (χ4v) is 2.18. The number of alkyl halides is 1. The van der Waals surface area contributed by atoms with E-state index in [0.29, 0.717) is 13.0 Å². The molecule has 2 rings (SSSR count). The molecule has 0 amide bonds. The summed E-state index contributed by atoms with van der Waals surface area (Å²) in [6.07, 6.45) is 2.74. The van der Waals surface area contributed by atoms with Gasteiger partial charge in [-0.3, -0.25) is 0 Å². The summed E-state index contributed by atoms with van der Waals surface area (Å²) in [6.45, 7) is 2.45. The smallest absolute Gasteiger partial charge is 0.130 e. The molecule has 1 N–H and O–H groups in total. The Morgan fingerprint density at radius 2 is 2.33 bits per heavy atom. The topological polar surface area (TPSA) is 21.3 Å². The van der Waals surface area contributed by atoms with Gasteiger partial charge in [0.25, 0.3) is 0 Å². The summed E-state index contributed by atoms with van der Waals surface area (Å²) in [7, 11) is 0. The third-order valence-corrected chi connectivity index (χ3v) is 2.94. The van der Waals surface area contributed by atoms with E-state index in [1.807, 2.05) is 0 Å². The summed E-state index contributed by atoms with van der Waals surface area (Å²) in [5.74, 6) is 0. The molecule has 0 saturated carbocycles. The van der Waals surface area contributed by atoms with Gasteiger partial charge in [0.15, 0.2) is 0 Å². The van der Waals surface area contributed by atoms with Crippen LogP contribution in [0.1, 0.15) is 25.7 Å². The average molecular weight is 173 g/mol. The molecule has 2 aliphatic heterocycles. The van der Waals surface area contributed by atoms with Crippen LogP contribution in [0.25, 0.3) is 0 Å². The van der Waals surface area contributed by atoms with Gasteiger partial charge in [0.05, 0.1) is 0 Å². The van der Waals surface area contributed by atoms with Crippen molar-refractivity contribution in [3.8, 4) is 0 Å². The third kappa shape index (κ3) is 1.36. The van der Waals surface area contributed by atoms with Gasteiger partial charge in [0, 0.05) is 13.2 Å². The highest BCUT2D eigenvalue weighted by molar-refractivity contribution is 4.95. The van der Waals surface area contributed by atoms with Gasteiger partial charge in [-0.2, -0.15) is 0 Å². The van der Waals surface area contributed by atoms with Crippen molar-refractivity contribution in [1.82, 2.24) is 5.32 Å². The molecule has 0 aromatic carbocycles. The molecule has 12 heavy (non-hydrogen) atoms. The van der Waals surface area contributed by atoms with Gasteiger partial charge >= 0.3 is 0 Å². The Morgan fingerprint density at radius 1 is 1.42 bits per heavy atom. The molecule has 0 aliphatic carbocycles. The third-order valence-electron chi connectivity index (χ3n) is 2.94. The zero-order chi connectivity index (χ0) is 8.44. The van der Waals surface area contributed by atoms with Crippen LogP contribution in [0.15, 0.2) is 0 Å². The van der Waals surface area contributed by atoms with Crippen LogP contribution < -0.4 is 5.32 Å². The first-order valence-corrected chi connectivity index (χ1v) is 4.82. The maximum absolute atomic E-state index is 13.6. The Kier molecular flexibility index (Phi) is 2.33. The first kappa shape index (κ1) is 8.45. The molecule has 0 aromatic heterocycles. The van der Waals surface area contributed by atoms with E-state index >= 15 is 0 Å². The molecule has 0 aromatic rings. The number of ether oxygens (including phenoxy) is 1. The van der Waals surface area contributed by atoms with Crippen LogP contribution >= 0.6 is 0 Å². The van der Waals surface area contributed by atoms with Gasteiger partial charge in [-0.25, -0.2) is 4.39 Å². The molecule has 2 unspecified atom stereocenters. The van der Waals surface area contributed by atoms with E-state index < -0.39 is 11.8 Å². The summed E-state index contributed by atoms with van der Waals surface area (Å²) in [5.41, 5.74) is -0.462. The summed E-state index contributed by atoms with van der Waals surface area (Å²) in [4.78, 5) is 0. The highest BCUT2D eigenvalue weighted by atomic mass is 19.1. The van der Waals surface area contributed by atoms with Gasteiger partial charge in [-0.1, -0.05) is 0 Å². The quantitative estimate of drug-likeness (QED) is 0.595. The molecule has 2 heterocycles. The molecule has 0 radical (unpaired) electrons. The largest absolute Gasteiger partial charge is 0.371 e. The Hall–Kier alpha value is -0.150. The predicted octanol–water partition coefficient (Wildman–Crippen LogP) is 1.26. The van der Waals surface area contributed by atoms with Gasteiger partial charge in [-0.05, 0) is 32.2 Å². The van der Waals surface area contributed by atoms with Crippen molar-refractivity contribution in [1.29, 1.82) is 0 Å². The summed E-state index contributed by atoms with van der Waals surface area (Å²) < 4.78 is 19.1.